The summed E-state index contributed by atoms with van der Waals surface area (Å²) in [5, 5.41) is 3.46. The lowest BCUT2D eigenvalue weighted by Crippen LogP contribution is -2.35. The van der Waals surface area contributed by atoms with Crippen molar-refractivity contribution in [2.45, 2.75) is 53.1 Å². The van der Waals surface area contributed by atoms with Crippen LogP contribution in [0.4, 0.5) is 0 Å². The second-order valence-corrected chi connectivity index (χ2v) is 6.74. The highest BCUT2D eigenvalue weighted by molar-refractivity contribution is 5.30. The van der Waals surface area contributed by atoms with Gasteiger partial charge in [-0.05, 0) is 46.2 Å². The van der Waals surface area contributed by atoms with Crippen molar-refractivity contribution in [2.75, 3.05) is 0 Å². The zero-order valence-electron chi connectivity index (χ0n) is 13.7. The third-order valence-corrected chi connectivity index (χ3v) is 3.21. The summed E-state index contributed by atoms with van der Waals surface area (Å²) < 4.78 is 0. The molecule has 0 spiro atoms. The molecule has 2 aromatic rings. The highest BCUT2D eigenvalue weighted by Crippen LogP contribution is 2.12. The van der Waals surface area contributed by atoms with Gasteiger partial charge in [-0.1, -0.05) is 29.3 Å². The third kappa shape index (κ3) is 5.27. The molecule has 0 fully saturated rings. The molecule has 0 atom stereocenters. The van der Waals surface area contributed by atoms with E-state index in [0.717, 1.165) is 24.5 Å². The number of benzene rings is 1. The fourth-order valence-corrected chi connectivity index (χ4v) is 2.33. The van der Waals surface area contributed by atoms with Gasteiger partial charge in [-0.15, -0.1) is 0 Å². The van der Waals surface area contributed by atoms with Crippen LogP contribution in [0.15, 0.2) is 30.5 Å². The summed E-state index contributed by atoms with van der Waals surface area (Å²) in [6.45, 7) is 11.5. The zero-order chi connectivity index (χ0) is 15.5. The lowest BCUT2D eigenvalue weighted by Gasteiger charge is -2.20. The Kier molecular flexibility index (Phi) is 4.73. The smallest absolute Gasteiger partial charge is 0.132 e. The minimum absolute atomic E-state index is 0.0960. The monoisotopic (exact) mass is 283 g/mol. The van der Waals surface area contributed by atoms with Crippen molar-refractivity contribution >= 4 is 0 Å². The normalized spacial score (nSPS) is 11.7. The van der Waals surface area contributed by atoms with Gasteiger partial charge in [-0.3, -0.25) is 0 Å². The average Bonchev–Trinajstić information content (AvgIpc) is 2.35. The predicted molar refractivity (Wildman–Crippen MR) is 87.3 cm³/mol. The quantitative estimate of drug-likeness (QED) is 0.932. The highest BCUT2D eigenvalue weighted by atomic mass is 15.0. The van der Waals surface area contributed by atoms with Crippen molar-refractivity contribution < 1.29 is 0 Å². The summed E-state index contributed by atoms with van der Waals surface area (Å²) in [4.78, 5) is 9.06. The van der Waals surface area contributed by atoms with Crippen LogP contribution in [0.2, 0.25) is 0 Å². The molecule has 0 amide bonds. The van der Waals surface area contributed by atoms with Gasteiger partial charge in [0, 0.05) is 24.7 Å². The molecule has 0 aliphatic heterocycles. The first-order valence-electron chi connectivity index (χ1n) is 7.45. The van der Waals surface area contributed by atoms with Crippen molar-refractivity contribution in [3.05, 3.63) is 58.7 Å². The number of rotatable bonds is 4. The van der Waals surface area contributed by atoms with E-state index in [2.05, 4.69) is 68.1 Å². The lowest BCUT2D eigenvalue weighted by atomic mass is 10.0. The molecule has 0 saturated carbocycles. The van der Waals surface area contributed by atoms with Gasteiger partial charge in [0.25, 0.3) is 0 Å². The van der Waals surface area contributed by atoms with Crippen LogP contribution in [0.5, 0.6) is 0 Å². The predicted octanol–water partition coefficient (Wildman–Crippen LogP) is 3.57. The van der Waals surface area contributed by atoms with Gasteiger partial charge >= 0.3 is 0 Å². The molecule has 1 aromatic carbocycles. The molecule has 0 bridgehead atoms. The second-order valence-electron chi connectivity index (χ2n) is 6.74. The maximum absolute atomic E-state index is 4.66. The van der Waals surface area contributed by atoms with Crippen molar-refractivity contribution in [1.29, 1.82) is 0 Å². The molecule has 2 rings (SSSR count). The fraction of sp³-hybridized carbons (Fsp3) is 0.444. The summed E-state index contributed by atoms with van der Waals surface area (Å²) in [6, 6.07) is 8.57. The summed E-state index contributed by atoms with van der Waals surface area (Å²) in [7, 11) is 0. The van der Waals surface area contributed by atoms with Gasteiger partial charge in [0.1, 0.15) is 5.82 Å². The SMILES string of the molecule is Cc1cc(C)cc(Cc2nccc(CNC(C)(C)C)n2)c1. The molecule has 0 radical (unpaired) electrons. The largest absolute Gasteiger partial charge is 0.306 e. The van der Waals surface area contributed by atoms with E-state index in [0.29, 0.717) is 0 Å². The van der Waals surface area contributed by atoms with Crippen molar-refractivity contribution in [3.8, 4) is 0 Å². The van der Waals surface area contributed by atoms with Gasteiger partial charge in [-0.25, -0.2) is 9.97 Å². The van der Waals surface area contributed by atoms with E-state index in [4.69, 9.17) is 0 Å². The molecule has 0 aliphatic rings. The van der Waals surface area contributed by atoms with E-state index in [-0.39, 0.29) is 5.54 Å². The van der Waals surface area contributed by atoms with E-state index >= 15 is 0 Å². The van der Waals surface area contributed by atoms with Crippen LogP contribution in [-0.4, -0.2) is 15.5 Å². The summed E-state index contributed by atoms with van der Waals surface area (Å²) in [5.41, 5.74) is 4.98. The Balaban J connectivity index is 2.10. The Labute approximate surface area is 127 Å². The molecule has 112 valence electrons. The standard InChI is InChI=1S/C18H25N3/c1-13-8-14(2)10-15(9-13)11-17-19-7-6-16(21-17)12-20-18(3,4)5/h6-10,20H,11-12H2,1-5H3. The van der Waals surface area contributed by atoms with Crippen molar-refractivity contribution in [2.24, 2.45) is 0 Å². The molecule has 21 heavy (non-hydrogen) atoms. The number of hydrogen-bond donors (Lipinski definition) is 1. The Morgan fingerprint density at radius 1 is 1.05 bits per heavy atom. The van der Waals surface area contributed by atoms with Gasteiger partial charge in [0.2, 0.25) is 0 Å². The van der Waals surface area contributed by atoms with E-state index in [1.54, 1.807) is 0 Å². The first-order chi connectivity index (χ1) is 9.82. The van der Waals surface area contributed by atoms with Gasteiger partial charge in [0.05, 0.1) is 5.69 Å². The van der Waals surface area contributed by atoms with Gasteiger partial charge < -0.3 is 5.32 Å². The molecule has 0 unspecified atom stereocenters. The molecule has 3 heteroatoms. The topological polar surface area (TPSA) is 37.8 Å². The van der Waals surface area contributed by atoms with Crippen LogP contribution < -0.4 is 5.32 Å². The molecular formula is C18H25N3. The molecular weight excluding hydrogens is 258 g/mol. The van der Waals surface area contributed by atoms with Gasteiger partial charge in [-0.2, -0.15) is 0 Å². The number of nitrogens with zero attached hydrogens (tertiary/aromatic N) is 2. The molecule has 1 aromatic heterocycles. The summed E-state index contributed by atoms with van der Waals surface area (Å²) in [5.74, 6) is 0.883. The zero-order valence-corrected chi connectivity index (χ0v) is 13.7. The number of nitrogens with one attached hydrogen (secondary N) is 1. The molecule has 1 N–H and O–H groups in total. The Bertz CT molecular complexity index is 592. The number of hydrogen-bond acceptors (Lipinski definition) is 3. The van der Waals surface area contributed by atoms with E-state index in [9.17, 15) is 0 Å². The van der Waals surface area contributed by atoms with Crippen LogP contribution >= 0.6 is 0 Å². The Hall–Kier alpha value is -1.74. The lowest BCUT2D eigenvalue weighted by molar-refractivity contribution is 0.420. The van der Waals surface area contributed by atoms with E-state index < -0.39 is 0 Å². The van der Waals surface area contributed by atoms with E-state index in [1.807, 2.05) is 12.3 Å². The average molecular weight is 283 g/mol. The molecule has 0 aliphatic carbocycles. The maximum Gasteiger partial charge on any atom is 0.132 e. The van der Waals surface area contributed by atoms with E-state index in [1.165, 1.54) is 16.7 Å². The second kappa shape index (κ2) is 6.35. The summed E-state index contributed by atoms with van der Waals surface area (Å²) in [6.07, 6.45) is 2.64. The Morgan fingerprint density at radius 2 is 1.71 bits per heavy atom. The van der Waals surface area contributed by atoms with Crippen LogP contribution in [0.25, 0.3) is 0 Å². The molecule has 1 heterocycles. The maximum atomic E-state index is 4.66. The fourth-order valence-electron chi connectivity index (χ4n) is 2.33. The Morgan fingerprint density at radius 3 is 2.33 bits per heavy atom. The highest BCUT2D eigenvalue weighted by Gasteiger charge is 2.09. The minimum Gasteiger partial charge on any atom is -0.306 e. The number of aromatic nitrogens is 2. The summed E-state index contributed by atoms with van der Waals surface area (Å²) >= 11 is 0. The van der Waals surface area contributed by atoms with Crippen LogP contribution in [0.1, 0.15) is 49.0 Å². The van der Waals surface area contributed by atoms with Crippen LogP contribution in [0, 0.1) is 13.8 Å². The first kappa shape index (κ1) is 15.6. The molecule has 3 nitrogen and oxygen atoms in total. The minimum atomic E-state index is 0.0960. The van der Waals surface area contributed by atoms with Crippen LogP contribution in [-0.2, 0) is 13.0 Å². The molecule has 0 saturated heterocycles. The van der Waals surface area contributed by atoms with Crippen molar-refractivity contribution in [1.82, 2.24) is 15.3 Å². The number of aryl methyl sites for hydroxylation is 2. The third-order valence-electron chi connectivity index (χ3n) is 3.21. The van der Waals surface area contributed by atoms with Gasteiger partial charge in [0.15, 0.2) is 0 Å². The van der Waals surface area contributed by atoms with Crippen molar-refractivity contribution in [3.63, 3.8) is 0 Å². The first-order valence-corrected chi connectivity index (χ1v) is 7.45. The van der Waals surface area contributed by atoms with Crippen LogP contribution in [0.3, 0.4) is 0 Å².